The predicted molar refractivity (Wildman–Crippen MR) is 43.2 cm³/mol. The van der Waals surface area contributed by atoms with E-state index in [4.69, 9.17) is 5.73 Å². The second-order valence-corrected chi connectivity index (χ2v) is 3.10. The van der Waals surface area contributed by atoms with Gasteiger partial charge in [-0.05, 0) is 6.42 Å². The minimum atomic E-state index is -0.431. The molecule has 0 heterocycles. The van der Waals surface area contributed by atoms with Crippen LogP contribution >= 0.6 is 15.9 Å². The van der Waals surface area contributed by atoms with Crippen LogP contribution < -0.4 is 5.73 Å². The van der Waals surface area contributed by atoms with Crippen molar-refractivity contribution in [3.8, 4) is 0 Å². The summed E-state index contributed by atoms with van der Waals surface area (Å²) in [5, 5.41) is 0. The molecule has 0 spiro atoms. The van der Waals surface area contributed by atoms with Gasteiger partial charge in [0, 0.05) is 6.42 Å². The van der Waals surface area contributed by atoms with Crippen LogP contribution in [0.5, 0.6) is 0 Å². The minimum absolute atomic E-state index is 0.186. The van der Waals surface area contributed by atoms with Gasteiger partial charge in [-0.3, -0.25) is 9.59 Å². The highest BCUT2D eigenvalue weighted by atomic mass is 79.9. The molecule has 0 aliphatic carbocycles. The second kappa shape index (κ2) is 5.12. The monoisotopic (exact) mass is 223 g/mol. The Morgan fingerprint density at radius 1 is 1.64 bits per heavy atom. The van der Waals surface area contributed by atoms with Crippen molar-refractivity contribution in [2.75, 3.05) is 7.11 Å². The summed E-state index contributed by atoms with van der Waals surface area (Å²) in [5.74, 6) is -0.801. The maximum Gasteiger partial charge on any atom is 0.319 e. The lowest BCUT2D eigenvalue weighted by Gasteiger charge is -2.04. The van der Waals surface area contributed by atoms with Crippen molar-refractivity contribution < 1.29 is 14.3 Å². The summed E-state index contributed by atoms with van der Waals surface area (Å²) in [7, 11) is 1.29. The van der Waals surface area contributed by atoms with Crippen molar-refractivity contribution in [1.82, 2.24) is 0 Å². The molecule has 5 heteroatoms. The Balaban J connectivity index is 3.60. The Hall–Kier alpha value is -0.580. The van der Waals surface area contributed by atoms with Gasteiger partial charge in [0.1, 0.15) is 4.83 Å². The van der Waals surface area contributed by atoms with Gasteiger partial charge in [0.15, 0.2) is 0 Å². The van der Waals surface area contributed by atoms with Crippen LogP contribution in [-0.4, -0.2) is 23.8 Å². The molecule has 0 aliphatic rings. The summed E-state index contributed by atoms with van der Waals surface area (Å²) in [6.45, 7) is 0. The van der Waals surface area contributed by atoms with E-state index < -0.39 is 10.7 Å². The average molecular weight is 224 g/mol. The highest BCUT2D eigenvalue weighted by molar-refractivity contribution is 9.10. The molecule has 4 nitrogen and oxygen atoms in total. The highest BCUT2D eigenvalue weighted by Gasteiger charge is 2.15. The van der Waals surface area contributed by atoms with Gasteiger partial charge in [-0.1, -0.05) is 15.9 Å². The Bertz CT molecular complexity index is 160. The van der Waals surface area contributed by atoms with Gasteiger partial charge in [0.05, 0.1) is 7.11 Å². The number of hydrogen-bond acceptors (Lipinski definition) is 3. The Morgan fingerprint density at radius 3 is 2.55 bits per heavy atom. The molecule has 1 unspecified atom stereocenters. The number of amides is 1. The Labute approximate surface area is 73.2 Å². The van der Waals surface area contributed by atoms with Crippen LogP contribution in [0.1, 0.15) is 12.8 Å². The standard InChI is InChI=1S/C6H10BrNO3/c1-11-6(10)4(7)2-3-5(8)9/h4H,2-3H2,1H3,(H2,8,9). The zero-order valence-corrected chi connectivity index (χ0v) is 7.76. The molecule has 0 radical (unpaired) electrons. The van der Waals surface area contributed by atoms with Gasteiger partial charge in [-0.25, -0.2) is 0 Å². The number of esters is 1. The third kappa shape index (κ3) is 4.78. The predicted octanol–water partition coefficient (Wildman–Crippen LogP) is 0.188. The molecule has 11 heavy (non-hydrogen) atoms. The summed E-state index contributed by atoms with van der Waals surface area (Å²) >= 11 is 3.05. The zero-order chi connectivity index (χ0) is 8.85. The molecule has 0 aliphatic heterocycles. The quantitative estimate of drug-likeness (QED) is 0.547. The largest absolute Gasteiger partial charge is 0.468 e. The van der Waals surface area contributed by atoms with Crippen LogP contribution in [-0.2, 0) is 14.3 Å². The second-order valence-electron chi connectivity index (χ2n) is 2.00. The maximum absolute atomic E-state index is 10.7. The first-order chi connectivity index (χ1) is 5.07. The molecule has 1 amide bonds. The van der Waals surface area contributed by atoms with Gasteiger partial charge >= 0.3 is 5.97 Å². The normalized spacial score (nSPS) is 12.2. The summed E-state index contributed by atoms with van der Waals surface area (Å²) in [6.07, 6.45) is 0.563. The van der Waals surface area contributed by atoms with Gasteiger partial charge in [0.2, 0.25) is 5.91 Å². The lowest BCUT2D eigenvalue weighted by atomic mass is 10.2. The van der Waals surface area contributed by atoms with E-state index in [-0.39, 0.29) is 12.4 Å². The van der Waals surface area contributed by atoms with Gasteiger partial charge in [-0.15, -0.1) is 0 Å². The number of carbonyl (C=O) groups is 2. The number of primary amides is 1. The number of ether oxygens (including phenoxy) is 1. The van der Waals surface area contributed by atoms with Crippen LogP contribution in [0.2, 0.25) is 0 Å². The van der Waals surface area contributed by atoms with Gasteiger partial charge in [-0.2, -0.15) is 0 Å². The van der Waals surface area contributed by atoms with Crippen molar-refractivity contribution >= 4 is 27.8 Å². The SMILES string of the molecule is COC(=O)C(Br)CCC(N)=O. The average Bonchev–Trinajstić information content (AvgIpc) is 1.98. The number of hydrogen-bond donors (Lipinski definition) is 1. The van der Waals surface area contributed by atoms with E-state index in [1.165, 1.54) is 7.11 Å². The lowest BCUT2D eigenvalue weighted by molar-refractivity contribution is -0.139. The number of rotatable bonds is 4. The van der Waals surface area contributed by atoms with Crippen LogP contribution in [0.25, 0.3) is 0 Å². The van der Waals surface area contributed by atoms with Crippen molar-refractivity contribution in [3.05, 3.63) is 0 Å². The number of methoxy groups -OCH3 is 1. The first-order valence-corrected chi connectivity index (χ1v) is 3.99. The molecule has 2 N–H and O–H groups in total. The molecule has 0 fully saturated rings. The highest BCUT2D eigenvalue weighted by Crippen LogP contribution is 2.08. The fraction of sp³-hybridized carbons (Fsp3) is 0.667. The molecule has 0 bridgehead atoms. The van der Waals surface area contributed by atoms with E-state index in [9.17, 15) is 9.59 Å². The van der Waals surface area contributed by atoms with Crippen molar-refractivity contribution in [2.24, 2.45) is 5.73 Å². The summed E-state index contributed by atoms with van der Waals surface area (Å²) in [6, 6.07) is 0. The van der Waals surface area contributed by atoms with Crippen LogP contribution in [0.3, 0.4) is 0 Å². The van der Waals surface area contributed by atoms with Gasteiger partial charge < -0.3 is 10.5 Å². The summed E-state index contributed by atoms with van der Waals surface area (Å²) < 4.78 is 4.41. The molecule has 0 saturated carbocycles. The molecule has 0 rings (SSSR count). The molecular formula is C6H10BrNO3. The minimum Gasteiger partial charge on any atom is -0.468 e. The molecule has 0 aromatic rings. The number of nitrogens with two attached hydrogens (primary N) is 1. The number of alkyl halides is 1. The van der Waals surface area contributed by atoms with Gasteiger partial charge in [0.25, 0.3) is 0 Å². The van der Waals surface area contributed by atoms with Crippen molar-refractivity contribution in [1.29, 1.82) is 0 Å². The van der Waals surface area contributed by atoms with Crippen LogP contribution in [0, 0.1) is 0 Å². The van der Waals surface area contributed by atoms with E-state index >= 15 is 0 Å². The van der Waals surface area contributed by atoms with E-state index in [2.05, 4.69) is 20.7 Å². The molecule has 64 valence electrons. The van der Waals surface area contributed by atoms with E-state index in [0.29, 0.717) is 6.42 Å². The Kier molecular flexibility index (Phi) is 4.85. The summed E-state index contributed by atoms with van der Waals surface area (Å²) in [5.41, 5.74) is 4.87. The molecule has 0 saturated heterocycles. The fourth-order valence-electron chi connectivity index (χ4n) is 0.515. The number of carbonyl (C=O) groups excluding carboxylic acids is 2. The van der Waals surface area contributed by atoms with Crippen molar-refractivity contribution in [2.45, 2.75) is 17.7 Å². The molecule has 0 aromatic carbocycles. The first kappa shape index (κ1) is 10.4. The molecule has 1 atom stereocenters. The lowest BCUT2D eigenvalue weighted by Crippen LogP contribution is -2.19. The van der Waals surface area contributed by atoms with Crippen molar-refractivity contribution in [3.63, 3.8) is 0 Å². The summed E-state index contributed by atoms with van der Waals surface area (Å²) in [4.78, 5) is 20.5. The van der Waals surface area contributed by atoms with Crippen LogP contribution in [0.15, 0.2) is 0 Å². The molecular weight excluding hydrogens is 214 g/mol. The Morgan fingerprint density at radius 2 is 2.18 bits per heavy atom. The fourth-order valence-corrected chi connectivity index (χ4v) is 0.931. The first-order valence-electron chi connectivity index (χ1n) is 3.08. The maximum atomic E-state index is 10.7. The third-order valence-electron chi connectivity index (χ3n) is 1.10. The topological polar surface area (TPSA) is 69.4 Å². The van der Waals surface area contributed by atoms with Crippen LogP contribution in [0.4, 0.5) is 0 Å². The third-order valence-corrected chi connectivity index (χ3v) is 1.93. The van der Waals surface area contributed by atoms with E-state index in [1.54, 1.807) is 0 Å². The molecule has 0 aromatic heterocycles. The van der Waals surface area contributed by atoms with E-state index in [1.807, 2.05) is 0 Å². The smallest absolute Gasteiger partial charge is 0.319 e. The number of halogens is 1. The van der Waals surface area contributed by atoms with E-state index in [0.717, 1.165) is 0 Å². The zero-order valence-electron chi connectivity index (χ0n) is 6.17.